The van der Waals surface area contributed by atoms with Crippen LogP contribution in [0.5, 0.6) is 0 Å². The molecule has 0 aliphatic carbocycles. The van der Waals surface area contributed by atoms with Gasteiger partial charge in [0.15, 0.2) is 0 Å². The van der Waals surface area contributed by atoms with Crippen LogP contribution in [0.15, 0.2) is 42.5 Å². The standard InChI is InChI=1S/C19H16F3NO2/c1-18(2,3)25-17(24)13-6-4-12(5-7-13)14-8-9-15(11-23)16(10-14)19(20,21)22/h4-10H,1-3H3. The number of benzene rings is 2. The highest BCUT2D eigenvalue weighted by Gasteiger charge is 2.33. The summed E-state index contributed by atoms with van der Waals surface area (Å²) in [5.74, 6) is -0.505. The maximum absolute atomic E-state index is 13.0. The van der Waals surface area contributed by atoms with Crippen molar-refractivity contribution in [1.29, 1.82) is 5.26 Å². The lowest BCUT2D eigenvalue weighted by Crippen LogP contribution is -2.23. The smallest absolute Gasteiger partial charge is 0.417 e. The third kappa shape index (κ3) is 4.60. The number of hydrogen-bond acceptors (Lipinski definition) is 3. The van der Waals surface area contributed by atoms with Gasteiger partial charge in [-0.2, -0.15) is 18.4 Å². The molecule has 0 fully saturated rings. The van der Waals surface area contributed by atoms with Gasteiger partial charge in [-0.05, 0) is 56.2 Å². The fourth-order valence-electron chi connectivity index (χ4n) is 2.19. The first-order valence-electron chi connectivity index (χ1n) is 7.46. The average Bonchev–Trinajstić information content (AvgIpc) is 2.52. The SMILES string of the molecule is CC(C)(C)OC(=O)c1ccc(-c2ccc(C#N)c(C(F)(F)F)c2)cc1. The monoisotopic (exact) mass is 347 g/mol. The van der Waals surface area contributed by atoms with E-state index in [2.05, 4.69) is 0 Å². The van der Waals surface area contributed by atoms with E-state index in [9.17, 15) is 18.0 Å². The molecule has 0 bridgehead atoms. The van der Waals surface area contributed by atoms with Crippen molar-refractivity contribution < 1.29 is 22.7 Å². The maximum Gasteiger partial charge on any atom is 0.417 e. The highest BCUT2D eigenvalue weighted by molar-refractivity contribution is 5.90. The number of carbonyl (C=O) groups excluding carboxylic acids is 1. The van der Waals surface area contributed by atoms with Gasteiger partial charge < -0.3 is 4.74 Å². The summed E-state index contributed by atoms with van der Waals surface area (Å²) >= 11 is 0. The summed E-state index contributed by atoms with van der Waals surface area (Å²) in [4.78, 5) is 12.0. The van der Waals surface area contributed by atoms with E-state index < -0.39 is 28.9 Å². The Hall–Kier alpha value is -2.81. The van der Waals surface area contributed by atoms with Crippen molar-refractivity contribution in [3.05, 3.63) is 59.2 Å². The molecular formula is C19H16F3NO2. The molecule has 2 rings (SSSR count). The number of rotatable bonds is 2. The molecule has 0 radical (unpaired) electrons. The van der Waals surface area contributed by atoms with Crippen LogP contribution in [0.1, 0.15) is 42.3 Å². The minimum atomic E-state index is -4.61. The second-order valence-electron chi connectivity index (χ2n) is 6.45. The quantitative estimate of drug-likeness (QED) is 0.702. The van der Waals surface area contributed by atoms with Gasteiger partial charge in [0.05, 0.1) is 22.8 Å². The molecule has 0 spiro atoms. The molecule has 0 aromatic heterocycles. The molecule has 2 aromatic rings. The molecule has 130 valence electrons. The Morgan fingerprint density at radius 3 is 2.04 bits per heavy atom. The number of ether oxygens (including phenoxy) is 1. The van der Waals surface area contributed by atoms with Gasteiger partial charge >= 0.3 is 12.1 Å². The summed E-state index contributed by atoms with van der Waals surface area (Å²) in [6, 6.07) is 11.1. The van der Waals surface area contributed by atoms with Crippen molar-refractivity contribution in [3.63, 3.8) is 0 Å². The number of halogens is 3. The van der Waals surface area contributed by atoms with Gasteiger partial charge in [-0.1, -0.05) is 18.2 Å². The zero-order valence-corrected chi connectivity index (χ0v) is 13.9. The highest BCUT2D eigenvalue weighted by atomic mass is 19.4. The van der Waals surface area contributed by atoms with E-state index >= 15 is 0 Å². The zero-order chi connectivity index (χ0) is 18.8. The topological polar surface area (TPSA) is 50.1 Å². The van der Waals surface area contributed by atoms with Crippen molar-refractivity contribution in [2.24, 2.45) is 0 Å². The van der Waals surface area contributed by atoms with Gasteiger partial charge in [-0.3, -0.25) is 0 Å². The fraction of sp³-hybridized carbons (Fsp3) is 0.263. The molecule has 25 heavy (non-hydrogen) atoms. The minimum absolute atomic E-state index is 0.307. The lowest BCUT2D eigenvalue weighted by atomic mass is 9.98. The Bertz CT molecular complexity index is 826. The van der Waals surface area contributed by atoms with Crippen molar-refractivity contribution in [2.75, 3.05) is 0 Å². The number of nitrogens with zero attached hydrogens (tertiary/aromatic N) is 1. The molecule has 0 saturated carbocycles. The van der Waals surface area contributed by atoms with Crippen LogP contribution >= 0.6 is 0 Å². The van der Waals surface area contributed by atoms with Gasteiger partial charge in [0.1, 0.15) is 5.60 Å². The molecule has 6 heteroatoms. The van der Waals surface area contributed by atoms with Gasteiger partial charge in [-0.15, -0.1) is 0 Å². The molecule has 0 amide bonds. The number of carbonyl (C=O) groups is 1. The number of esters is 1. The van der Waals surface area contributed by atoms with E-state index in [1.807, 2.05) is 0 Å². The third-order valence-corrected chi connectivity index (χ3v) is 3.30. The van der Waals surface area contributed by atoms with Crippen molar-refractivity contribution in [2.45, 2.75) is 32.5 Å². The van der Waals surface area contributed by atoms with Gasteiger partial charge in [0.25, 0.3) is 0 Å². The highest BCUT2D eigenvalue weighted by Crippen LogP contribution is 2.34. The van der Waals surface area contributed by atoms with Crippen LogP contribution < -0.4 is 0 Å². The van der Waals surface area contributed by atoms with Gasteiger partial charge in [0.2, 0.25) is 0 Å². The molecule has 0 heterocycles. The lowest BCUT2D eigenvalue weighted by molar-refractivity contribution is -0.137. The molecule has 2 aromatic carbocycles. The van der Waals surface area contributed by atoms with E-state index in [0.29, 0.717) is 16.7 Å². The number of alkyl halides is 3. The van der Waals surface area contributed by atoms with Crippen LogP contribution in [-0.2, 0) is 10.9 Å². The first kappa shape index (κ1) is 18.5. The van der Waals surface area contributed by atoms with E-state index in [-0.39, 0.29) is 0 Å². The summed E-state index contributed by atoms with van der Waals surface area (Å²) in [7, 11) is 0. The fourth-order valence-corrected chi connectivity index (χ4v) is 2.19. The third-order valence-electron chi connectivity index (χ3n) is 3.30. The van der Waals surface area contributed by atoms with Crippen molar-refractivity contribution >= 4 is 5.97 Å². The normalized spacial score (nSPS) is 11.7. The van der Waals surface area contributed by atoms with E-state index in [0.717, 1.165) is 12.1 Å². The Kier molecular flexibility index (Phi) is 4.89. The predicted molar refractivity (Wildman–Crippen MR) is 86.8 cm³/mol. The minimum Gasteiger partial charge on any atom is -0.456 e. The summed E-state index contributed by atoms with van der Waals surface area (Å²) in [5, 5.41) is 8.83. The molecule has 0 aliphatic heterocycles. The van der Waals surface area contributed by atoms with Crippen LogP contribution in [0.4, 0.5) is 13.2 Å². The van der Waals surface area contributed by atoms with Gasteiger partial charge in [0, 0.05) is 0 Å². The predicted octanol–water partition coefficient (Wildman–Crippen LogP) is 5.20. The Morgan fingerprint density at radius 2 is 1.56 bits per heavy atom. The van der Waals surface area contributed by atoms with E-state index in [4.69, 9.17) is 10.00 Å². The van der Waals surface area contributed by atoms with Gasteiger partial charge in [-0.25, -0.2) is 4.79 Å². The lowest BCUT2D eigenvalue weighted by Gasteiger charge is -2.19. The summed E-state index contributed by atoms with van der Waals surface area (Å²) in [6.07, 6.45) is -4.61. The molecule has 0 N–H and O–H groups in total. The van der Waals surface area contributed by atoms with Crippen molar-refractivity contribution in [1.82, 2.24) is 0 Å². The van der Waals surface area contributed by atoms with Crippen LogP contribution in [0.2, 0.25) is 0 Å². The van der Waals surface area contributed by atoms with E-state index in [1.165, 1.54) is 18.2 Å². The van der Waals surface area contributed by atoms with Crippen molar-refractivity contribution in [3.8, 4) is 17.2 Å². The largest absolute Gasteiger partial charge is 0.456 e. The Balaban J connectivity index is 2.35. The second-order valence-corrected chi connectivity index (χ2v) is 6.45. The molecular weight excluding hydrogens is 331 g/mol. The van der Waals surface area contributed by atoms with Crippen LogP contribution in [-0.4, -0.2) is 11.6 Å². The zero-order valence-electron chi connectivity index (χ0n) is 13.9. The summed E-state index contributed by atoms with van der Waals surface area (Å²) in [5.41, 5.74) is -0.928. The second kappa shape index (κ2) is 6.60. The average molecular weight is 347 g/mol. The van der Waals surface area contributed by atoms with Crippen LogP contribution in [0.25, 0.3) is 11.1 Å². The molecule has 0 unspecified atom stereocenters. The molecule has 0 saturated heterocycles. The summed E-state index contributed by atoms with van der Waals surface area (Å²) in [6.45, 7) is 5.23. The first-order chi connectivity index (χ1) is 11.5. The Labute approximate surface area is 143 Å². The molecule has 3 nitrogen and oxygen atoms in total. The number of hydrogen-bond donors (Lipinski definition) is 0. The first-order valence-corrected chi connectivity index (χ1v) is 7.46. The summed E-state index contributed by atoms with van der Waals surface area (Å²) < 4.78 is 44.4. The van der Waals surface area contributed by atoms with Crippen LogP contribution in [0.3, 0.4) is 0 Å². The maximum atomic E-state index is 13.0. The Morgan fingerprint density at radius 1 is 1.00 bits per heavy atom. The van der Waals surface area contributed by atoms with E-state index in [1.54, 1.807) is 39.0 Å². The molecule has 0 atom stereocenters. The molecule has 0 aliphatic rings. The van der Waals surface area contributed by atoms with Crippen LogP contribution in [0, 0.1) is 11.3 Å². The number of nitriles is 1.